The highest BCUT2D eigenvalue weighted by molar-refractivity contribution is 5.58. The van der Waals surface area contributed by atoms with E-state index in [0.29, 0.717) is 12.5 Å². The second kappa shape index (κ2) is 6.08. The van der Waals surface area contributed by atoms with Crippen molar-refractivity contribution >= 4 is 11.6 Å². The number of hydrogen-bond acceptors (Lipinski definition) is 6. The molecule has 6 heteroatoms. The first-order valence-corrected chi connectivity index (χ1v) is 6.23. The Morgan fingerprint density at radius 1 is 1.11 bits per heavy atom. The Morgan fingerprint density at radius 2 is 1.89 bits per heavy atom. The summed E-state index contributed by atoms with van der Waals surface area (Å²) in [5, 5.41) is 6.40. The molecule has 0 atom stereocenters. The van der Waals surface area contributed by atoms with Gasteiger partial charge in [0, 0.05) is 18.8 Å². The fourth-order valence-corrected chi connectivity index (χ4v) is 1.88. The van der Waals surface area contributed by atoms with E-state index in [2.05, 4.69) is 44.4 Å². The molecule has 0 radical (unpaired) electrons. The van der Waals surface area contributed by atoms with E-state index in [4.69, 9.17) is 0 Å². The van der Waals surface area contributed by atoms with E-state index in [0.717, 1.165) is 22.9 Å². The zero-order valence-corrected chi connectivity index (χ0v) is 11.4. The number of rotatable bonds is 5. The highest BCUT2D eigenvalue weighted by atomic mass is 15.1. The molecule has 0 aliphatic rings. The summed E-state index contributed by atoms with van der Waals surface area (Å²) < 4.78 is 0. The van der Waals surface area contributed by atoms with E-state index in [-0.39, 0.29) is 0 Å². The molecule has 0 aliphatic heterocycles. The van der Waals surface area contributed by atoms with Crippen LogP contribution in [0.4, 0.5) is 11.6 Å². The summed E-state index contributed by atoms with van der Waals surface area (Å²) in [5.41, 5.74) is 2.01. The summed E-state index contributed by atoms with van der Waals surface area (Å²) in [6, 6.07) is 1.88. The predicted molar refractivity (Wildman–Crippen MR) is 75.0 cm³/mol. The third kappa shape index (κ3) is 3.15. The van der Waals surface area contributed by atoms with Crippen molar-refractivity contribution in [3.05, 3.63) is 36.2 Å². The second-order valence-electron chi connectivity index (χ2n) is 4.44. The summed E-state index contributed by atoms with van der Waals surface area (Å²) in [5.74, 6) is 2.03. The molecule has 0 amide bonds. The molecule has 6 nitrogen and oxygen atoms in total. The first-order chi connectivity index (χ1) is 9.22. The monoisotopic (exact) mass is 258 g/mol. The Balaban J connectivity index is 2.20. The van der Waals surface area contributed by atoms with Crippen LogP contribution in [0.2, 0.25) is 0 Å². The smallest absolute Gasteiger partial charge is 0.135 e. The zero-order chi connectivity index (χ0) is 13.7. The van der Waals surface area contributed by atoms with Gasteiger partial charge in [-0.3, -0.25) is 0 Å². The number of nitrogens with one attached hydrogen (secondary N) is 2. The number of anilines is 2. The van der Waals surface area contributed by atoms with Gasteiger partial charge in [-0.25, -0.2) is 19.9 Å². The molecule has 0 aromatic carbocycles. The first kappa shape index (κ1) is 13.2. The lowest BCUT2D eigenvalue weighted by Crippen LogP contribution is -2.10. The minimum absolute atomic E-state index is 0.330. The van der Waals surface area contributed by atoms with Gasteiger partial charge in [-0.15, -0.1) is 0 Å². The fourth-order valence-electron chi connectivity index (χ4n) is 1.88. The molecule has 0 aliphatic carbocycles. The van der Waals surface area contributed by atoms with Gasteiger partial charge in [-0.2, -0.15) is 0 Å². The van der Waals surface area contributed by atoms with Gasteiger partial charge < -0.3 is 10.6 Å². The summed E-state index contributed by atoms with van der Waals surface area (Å²) >= 11 is 0. The maximum atomic E-state index is 4.32. The van der Waals surface area contributed by atoms with Crippen molar-refractivity contribution in [3.63, 3.8) is 0 Å². The van der Waals surface area contributed by atoms with E-state index in [1.165, 1.54) is 0 Å². The van der Waals surface area contributed by atoms with E-state index < -0.39 is 0 Å². The van der Waals surface area contributed by atoms with Gasteiger partial charge in [0.2, 0.25) is 0 Å². The molecule has 0 saturated heterocycles. The van der Waals surface area contributed by atoms with Crippen LogP contribution in [0.5, 0.6) is 0 Å². The maximum Gasteiger partial charge on any atom is 0.135 e. The van der Waals surface area contributed by atoms with Gasteiger partial charge >= 0.3 is 0 Å². The van der Waals surface area contributed by atoms with Crippen LogP contribution in [-0.2, 0) is 6.54 Å². The Hall–Kier alpha value is -2.24. The predicted octanol–water partition coefficient (Wildman–Crippen LogP) is 2.04. The van der Waals surface area contributed by atoms with Crippen molar-refractivity contribution in [1.29, 1.82) is 0 Å². The zero-order valence-electron chi connectivity index (χ0n) is 11.4. The van der Waals surface area contributed by atoms with Gasteiger partial charge in [0.25, 0.3) is 0 Å². The molecule has 19 heavy (non-hydrogen) atoms. The quantitative estimate of drug-likeness (QED) is 0.854. The molecule has 0 unspecified atom stereocenters. The molecule has 0 fully saturated rings. The van der Waals surface area contributed by atoms with Crippen molar-refractivity contribution in [2.75, 3.05) is 17.7 Å². The SMILES string of the molecule is CNc1ncnc(NCc2ccncn2)c1C(C)C. The van der Waals surface area contributed by atoms with E-state index >= 15 is 0 Å². The third-order valence-corrected chi connectivity index (χ3v) is 2.78. The minimum Gasteiger partial charge on any atom is -0.373 e. The lowest BCUT2D eigenvalue weighted by atomic mass is 10.0. The Morgan fingerprint density at radius 3 is 2.53 bits per heavy atom. The summed E-state index contributed by atoms with van der Waals surface area (Å²) in [6.45, 7) is 4.85. The Kier molecular flexibility index (Phi) is 4.22. The number of nitrogens with zero attached hydrogens (tertiary/aromatic N) is 4. The molecule has 0 spiro atoms. The highest BCUT2D eigenvalue weighted by Gasteiger charge is 2.13. The van der Waals surface area contributed by atoms with Crippen LogP contribution in [0, 0.1) is 0 Å². The van der Waals surface area contributed by atoms with Crippen LogP contribution in [0.25, 0.3) is 0 Å². The summed E-state index contributed by atoms with van der Waals surface area (Å²) in [4.78, 5) is 16.6. The van der Waals surface area contributed by atoms with Crippen molar-refractivity contribution in [2.45, 2.75) is 26.3 Å². The van der Waals surface area contributed by atoms with Crippen molar-refractivity contribution in [3.8, 4) is 0 Å². The van der Waals surface area contributed by atoms with Crippen LogP contribution in [0.1, 0.15) is 31.0 Å². The Bertz CT molecular complexity index is 526. The van der Waals surface area contributed by atoms with Gasteiger partial charge in [0.05, 0.1) is 12.2 Å². The minimum atomic E-state index is 0.330. The average Bonchev–Trinajstić information content (AvgIpc) is 2.45. The largest absolute Gasteiger partial charge is 0.373 e. The van der Waals surface area contributed by atoms with Crippen LogP contribution in [0.15, 0.2) is 24.9 Å². The fraction of sp³-hybridized carbons (Fsp3) is 0.385. The van der Waals surface area contributed by atoms with Crippen LogP contribution in [-0.4, -0.2) is 27.0 Å². The lowest BCUT2D eigenvalue weighted by Gasteiger charge is -2.16. The van der Waals surface area contributed by atoms with Crippen LogP contribution < -0.4 is 10.6 Å². The van der Waals surface area contributed by atoms with Gasteiger partial charge in [0.15, 0.2) is 0 Å². The van der Waals surface area contributed by atoms with E-state index in [1.54, 1.807) is 18.9 Å². The van der Waals surface area contributed by atoms with Crippen molar-refractivity contribution in [1.82, 2.24) is 19.9 Å². The molecule has 0 bridgehead atoms. The normalized spacial score (nSPS) is 10.5. The topological polar surface area (TPSA) is 75.6 Å². The molecule has 2 aromatic rings. The maximum absolute atomic E-state index is 4.32. The lowest BCUT2D eigenvalue weighted by molar-refractivity contribution is 0.844. The summed E-state index contributed by atoms with van der Waals surface area (Å²) in [7, 11) is 1.86. The highest BCUT2D eigenvalue weighted by Crippen LogP contribution is 2.28. The molecule has 0 saturated carbocycles. The van der Waals surface area contributed by atoms with Gasteiger partial charge in [-0.1, -0.05) is 13.8 Å². The van der Waals surface area contributed by atoms with Gasteiger partial charge in [-0.05, 0) is 12.0 Å². The first-order valence-electron chi connectivity index (χ1n) is 6.23. The molecule has 2 rings (SSSR count). The third-order valence-electron chi connectivity index (χ3n) is 2.78. The molecular formula is C13H18N6. The molecular weight excluding hydrogens is 240 g/mol. The van der Waals surface area contributed by atoms with Crippen LogP contribution >= 0.6 is 0 Å². The van der Waals surface area contributed by atoms with Crippen molar-refractivity contribution < 1.29 is 0 Å². The van der Waals surface area contributed by atoms with E-state index in [1.807, 2.05) is 13.1 Å². The molecule has 2 aromatic heterocycles. The van der Waals surface area contributed by atoms with E-state index in [9.17, 15) is 0 Å². The standard InChI is InChI=1S/C13H18N6/c1-9(2)11-12(14-3)18-8-19-13(11)16-6-10-4-5-15-7-17-10/h4-5,7-9H,6H2,1-3H3,(H2,14,16,18,19). The molecule has 100 valence electrons. The van der Waals surface area contributed by atoms with Gasteiger partial charge in [0.1, 0.15) is 24.3 Å². The summed E-state index contributed by atoms with van der Waals surface area (Å²) in [6.07, 6.45) is 4.83. The molecule has 2 N–H and O–H groups in total. The molecule has 2 heterocycles. The van der Waals surface area contributed by atoms with Crippen molar-refractivity contribution in [2.24, 2.45) is 0 Å². The number of hydrogen-bond donors (Lipinski definition) is 2. The average molecular weight is 258 g/mol. The van der Waals surface area contributed by atoms with Crippen LogP contribution in [0.3, 0.4) is 0 Å². The number of aromatic nitrogens is 4. The Labute approximate surface area is 112 Å². The second-order valence-corrected chi connectivity index (χ2v) is 4.44.